The number of nitrogens with two attached hydrogens (primary N) is 1. The molecule has 4 nitrogen and oxygen atoms in total. The van der Waals surface area contributed by atoms with E-state index >= 15 is 0 Å². The van der Waals surface area contributed by atoms with E-state index in [2.05, 4.69) is 23.8 Å². The minimum atomic E-state index is 0.677. The fourth-order valence-corrected chi connectivity index (χ4v) is 2.18. The second-order valence-electron chi connectivity index (χ2n) is 4.61. The first-order chi connectivity index (χ1) is 9.17. The van der Waals surface area contributed by atoms with Crippen molar-refractivity contribution in [1.29, 1.82) is 0 Å². The summed E-state index contributed by atoms with van der Waals surface area (Å²) < 4.78 is 5.89. The predicted octanol–water partition coefficient (Wildman–Crippen LogP) is 0.824. The third kappa shape index (κ3) is 2.05. The summed E-state index contributed by atoms with van der Waals surface area (Å²) in [6.07, 6.45) is 0. The average Bonchev–Trinajstić information content (AvgIpc) is 2.38. The molecule has 96 valence electrons. The molecule has 0 unspecified atom stereocenters. The number of aromatic nitrogens is 1. The average molecular weight is 254 g/mol. The van der Waals surface area contributed by atoms with Crippen LogP contribution in [0.2, 0.25) is 0 Å². The standard InChI is InChI=1S/C15H15N3O/c1-3-17-12-8-15-13(6-9(12)2)18-11-5-4-10(16)7-14(11)19-15/h4-8H,3,16H2,1-2H3/p+1. The Bertz CT molecular complexity index is 789. The normalized spacial score (nSPS) is 12.4. The van der Waals surface area contributed by atoms with E-state index in [1.807, 2.05) is 24.3 Å². The Kier molecular flexibility index (Phi) is 2.71. The smallest absolute Gasteiger partial charge is 0.205 e. The highest BCUT2D eigenvalue weighted by molar-refractivity contribution is 5.79. The number of anilines is 1. The van der Waals surface area contributed by atoms with Gasteiger partial charge in [0.2, 0.25) is 5.36 Å². The lowest BCUT2D eigenvalue weighted by atomic mass is 10.1. The fourth-order valence-electron chi connectivity index (χ4n) is 2.18. The maximum atomic E-state index is 5.89. The lowest BCUT2D eigenvalue weighted by Gasteiger charge is -2.06. The molecule has 1 heterocycles. The number of rotatable bonds is 1. The van der Waals surface area contributed by atoms with Crippen molar-refractivity contribution in [2.24, 2.45) is 0 Å². The van der Waals surface area contributed by atoms with Gasteiger partial charge in [-0.3, -0.25) is 0 Å². The Labute approximate surface area is 111 Å². The van der Waals surface area contributed by atoms with Crippen molar-refractivity contribution in [2.75, 3.05) is 12.3 Å². The van der Waals surface area contributed by atoms with Gasteiger partial charge in [0.05, 0.1) is 6.07 Å². The molecule has 1 aliphatic heterocycles. The van der Waals surface area contributed by atoms with Crippen LogP contribution in [0.4, 0.5) is 5.69 Å². The summed E-state index contributed by atoms with van der Waals surface area (Å²) in [5.74, 6) is 0.764. The molecule has 0 spiro atoms. The van der Waals surface area contributed by atoms with Crippen molar-refractivity contribution < 1.29 is 9.41 Å². The molecule has 3 N–H and O–H groups in total. The SMILES string of the molecule is CC[NH+]=c1cc2oc3cc(N)ccc3nc-2cc1C. The molecule has 1 aromatic carbocycles. The molecule has 1 aromatic rings. The molecule has 0 atom stereocenters. The molecular weight excluding hydrogens is 238 g/mol. The van der Waals surface area contributed by atoms with E-state index in [-0.39, 0.29) is 0 Å². The maximum Gasteiger partial charge on any atom is 0.205 e. The van der Waals surface area contributed by atoms with Gasteiger partial charge in [-0.25, -0.2) is 9.98 Å². The molecule has 0 bridgehead atoms. The van der Waals surface area contributed by atoms with Gasteiger partial charge in [-0.1, -0.05) is 0 Å². The number of nitrogens with zero attached hydrogens (tertiary/aromatic N) is 1. The number of fused-ring (bicyclic) bond motifs is 2. The van der Waals surface area contributed by atoms with Crippen LogP contribution in [0.25, 0.3) is 22.6 Å². The monoisotopic (exact) mass is 254 g/mol. The highest BCUT2D eigenvalue weighted by Gasteiger charge is 2.12. The number of nitrogen functional groups attached to an aromatic ring is 1. The van der Waals surface area contributed by atoms with Gasteiger partial charge in [0.15, 0.2) is 11.3 Å². The van der Waals surface area contributed by atoms with Crippen LogP contribution >= 0.6 is 0 Å². The first-order valence-electron chi connectivity index (χ1n) is 6.35. The summed E-state index contributed by atoms with van der Waals surface area (Å²) in [7, 11) is 0. The molecule has 0 aromatic heterocycles. The highest BCUT2D eigenvalue weighted by Crippen LogP contribution is 2.25. The summed E-state index contributed by atoms with van der Waals surface area (Å²) in [6, 6.07) is 9.53. The Hall–Kier alpha value is -2.36. The van der Waals surface area contributed by atoms with Gasteiger partial charge in [-0.05, 0) is 32.0 Å². The van der Waals surface area contributed by atoms with Crippen LogP contribution in [0.3, 0.4) is 0 Å². The zero-order chi connectivity index (χ0) is 13.4. The van der Waals surface area contributed by atoms with Gasteiger partial charge in [-0.2, -0.15) is 0 Å². The van der Waals surface area contributed by atoms with Crippen LogP contribution in [0.5, 0.6) is 0 Å². The van der Waals surface area contributed by atoms with E-state index in [0.29, 0.717) is 11.3 Å². The Morgan fingerprint density at radius 2 is 2.11 bits per heavy atom. The molecule has 19 heavy (non-hydrogen) atoms. The molecule has 3 rings (SSSR count). The maximum absolute atomic E-state index is 5.89. The van der Waals surface area contributed by atoms with Crippen LogP contribution < -0.4 is 16.1 Å². The summed E-state index contributed by atoms with van der Waals surface area (Å²) in [6.45, 7) is 5.01. The number of hydrogen-bond donors (Lipinski definition) is 2. The topological polar surface area (TPSA) is 66.0 Å². The molecule has 4 heteroatoms. The molecule has 0 saturated carbocycles. The van der Waals surface area contributed by atoms with E-state index in [4.69, 9.17) is 10.2 Å². The minimum absolute atomic E-state index is 0.677. The van der Waals surface area contributed by atoms with E-state index in [0.717, 1.165) is 34.4 Å². The predicted molar refractivity (Wildman–Crippen MR) is 74.4 cm³/mol. The molecule has 0 fully saturated rings. The Morgan fingerprint density at radius 1 is 1.26 bits per heavy atom. The van der Waals surface area contributed by atoms with Crippen molar-refractivity contribution in [2.45, 2.75) is 13.8 Å². The summed E-state index contributed by atoms with van der Waals surface area (Å²) in [4.78, 5) is 7.92. The van der Waals surface area contributed by atoms with Crippen LogP contribution in [0.1, 0.15) is 12.5 Å². The van der Waals surface area contributed by atoms with Gasteiger partial charge in [0.25, 0.3) is 0 Å². The van der Waals surface area contributed by atoms with Crippen molar-refractivity contribution in [3.63, 3.8) is 0 Å². The summed E-state index contributed by atoms with van der Waals surface area (Å²) >= 11 is 0. The highest BCUT2D eigenvalue weighted by atomic mass is 16.3. The molecule has 0 radical (unpaired) electrons. The minimum Gasteiger partial charge on any atom is -0.452 e. The second-order valence-corrected chi connectivity index (χ2v) is 4.61. The van der Waals surface area contributed by atoms with Gasteiger partial charge in [0, 0.05) is 17.3 Å². The number of nitrogens with one attached hydrogen (secondary N) is 1. The Balaban J connectivity index is 2.37. The van der Waals surface area contributed by atoms with Gasteiger partial charge in [0.1, 0.15) is 17.8 Å². The first kappa shape index (κ1) is 11.7. The van der Waals surface area contributed by atoms with Crippen molar-refractivity contribution in [3.05, 3.63) is 41.3 Å². The molecular formula is C15H16N3O+. The Morgan fingerprint density at radius 3 is 2.89 bits per heavy atom. The molecule has 1 aliphatic carbocycles. The largest absolute Gasteiger partial charge is 0.452 e. The zero-order valence-corrected chi connectivity index (χ0v) is 11.0. The van der Waals surface area contributed by atoms with E-state index in [1.165, 1.54) is 0 Å². The number of benzene rings is 2. The van der Waals surface area contributed by atoms with Gasteiger partial charge >= 0.3 is 0 Å². The zero-order valence-electron chi connectivity index (χ0n) is 11.0. The van der Waals surface area contributed by atoms with E-state index in [1.54, 1.807) is 6.07 Å². The lowest BCUT2D eigenvalue weighted by Crippen LogP contribution is -2.76. The second kappa shape index (κ2) is 4.39. The van der Waals surface area contributed by atoms with Crippen molar-refractivity contribution in [3.8, 4) is 11.5 Å². The molecule has 2 aliphatic rings. The van der Waals surface area contributed by atoms with E-state index < -0.39 is 0 Å². The number of aryl methyl sites for hydroxylation is 1. The van der Waals surface area contributed by atoms with Crippen molar-refractivity contribution in [1.82, 2.24) is 4.98 Å². The molecule has 0 saturated heterocycles. The van der Waals surface area contributed by atoms with Gasteiger partial charge < -0.3 is 10.2 Å². The van der Waals surface area contributed by atoms with Crippen LogP contribution in [0, 0.1) is 6.92 Å². The fraction of sp³-hybridized carbons (Fsp3) is 0.200. The first-order valence-corrected chi connectivity index (χ1v) is 6.35. The summed E-state index contributed by atoms with van der Waals surface area (Å²) in [5, 5.41) is 1.07. The van der Waals surface area contributed by atoms with Crippen LogP contribution in [-0.4, -0.2) is 11.5 Å². The summed E-state index contributed by atoms with van der Waals surface area (Å²) in [5.41, 5.74) is 9.99. The third-order valence-electron chi connectivity index (χ3n) is 3.12. The van der Waals surface area contributed by atoms with Gasteiger partial charge in [-0.15, -0.1) is 0 Å². The number of hydrogen-bond acceptors (Lipinski definition) is 3. The third-order valence-corrected chi connectivity index (χ3v) is 3.12. The molecule has 0 amide bonds. The quantitative estimate of drug-likeness (QED) is 0.499. The van der Waals surface area contributed by atoms with Crippen molar-refractivity contribution >= 4 is 16.8 Å². The van der Waals surface area contributed by atoms with Crippen LogP contribution in [0.15, 0.2) is 34.7 Å². The lowest BCUT2D eigenvalue weighted by molar-refractivity contribution is -0.496. The van der Waals surface area contributed by atoms with E-state index in [9.17, 15) is 0 Å². The van der Waals surface area contributed by atoms with Crippen LogP contribution in [-0.2, 0) is 0 Å².